The second kappa shape index (κ2) is 16.1. The van der Waals surface area contributed by atoms with Gasteiger partial charge in [-0.25, -0.2) is 0 Å². The van der Waals surface area contributed by atoms with Gasteiger partial charge in [0.05, 0.1) is 0 Å². The minimum absolute atomic E-state index is 0. The molecule has 2 rings (SSSR count). The molecule has 177 valence electrons. The number of hydrogen-bond acceptors (Lipinski definition) is 3. The molecule has 0 amide bonds. The molecular weight excluding hydrogens is 561 g/mol. The van der Waals surface area contributed by atoms with Crippen molar-refractivity contribution in [3.05, 3.63) is 58.1 Å². The summed E-state index contributed by atoms with van der Waals surface area (Å²) in [5.74, 6) is 1.05. The van der Waals surface area contributed by atoms with Crippen LogP contribution >= 0.6 is 0 Å². The monoisotopic (exact) mass is 598 g/mol. The number of para-hydroxylation sites is 1. The summed E-state index contributed by atoms with van der Waals surface area (Å²) in [6.45, 7) is 19.4. The molecule has 1 radical (unpaired) electrons. The fourth-order valence-electron chi connectivity index (χ4n) is 3.89. The molecule has 6 heteroatoms. The maximum Gasteiger partial charge on any atom is 2.00 e. The Morgan fingerprint density at radius 3 is 1.52 bits per heavy atom. The van der Waals surface area contributed by atoms with E-state index in [0.29, 0.717) is 11.8 Å². The number of anilines is 2. The predicted octanol–water partition coefficient (Wildman–Crippen LogP) is -0.0222. The molecule has 3 N–H and O–H groups in total. The van der Waals surface area contributed by atoms with E-state index in [2.05, 4.69) is 94.7 Å². The minimum atomic E-state index is 0. The predicted molar refractivity (Wildman–Crippen MR) is 125 cm³/mol. The molecule has 0 aliphatic rings. The van der Waals surface area contributed by atoms with Gasteiger partial charge in [0.15, 0.2) is 0 Å². The first-order valence-corrected chi connectivity index (χ1v) is 10.7. The van der Waals surface area contributed by atoms with Crippen LogP contribution in [0.5, 0.6) is 0 Å². The van der Waals surface area contributed by atoms with E-state index in [9.17, 15) is 0 Å². The van der Waals surface area contributed by atoms with E-state index in [1.54, 1.807) is 0 Å². The second-order valence-corrected chi connectivity index (χ2v) is 8.50. The average Bonchev–Trinajstić information content (AvgIpc) is 2.62. The van der Waals surface area contributed by atoms with E-state index in [1.807, 2.05) is 0 Å². The van der Waals surface area contributed by atoms with Crippen LogP contribution in [0.15, 0.2) is 30.3 Å². The Morgan fingerprint density at radius 1 is 0.677 bits per heavy atom. The first kappa shape index (κ1) is 32.6. The molecule has 2 aromatic carbocycles. The minimum Gasteiger partial charge on any atom is -1.00 e. The van der Waals surface area contributed by atoms with Crippen molar-refractivity contribution in [2.45, 2.75) is 60.3 Å². The second-order valence-electron chi connectivity index (χ2n) is 8.50. The van der Waals surface area contributed by atoms with E-state index in [1.165, 1.54) is 39.2 Å². The van der Waals surface area contributed by atoms with Crippen LogP contribution in [0.25, 0.3) is 0 Å². The molecule has 0 atom stereocenters. The van der Waals surface area contributed by atoms with Gasteiger partial charge in [-0.1, -0.05) is 63.6 Å². The largest absolute Gasteiger partial charge is 2.00 e. The summed E-state index contributed by atoms with van der Waals surface area (Å²) in [6, 6.07) is 11.2. The molecule has 0 fully saturated rings. The fourth-order valence-corrected chi connectivity index (χ4v) is 3.89. The third-order valence-electron chi connectivity index (χ3n) is 5.26. The van der Waals surface area contributed by atoms with E-state index in [0.717, 1.165) is 26.2 Å². The van der Waals surface area contributed by atoms with Gasteiger partial charge >= 0.3 is 16.8 Å². The molecule has 0 saturated heterocycles. The zero-order valence-electron chi connectivity index (χ0n) is 20.0. The van der Waals surface area contributed by atoms with Gasteiger partial charge in [0, 0.05) is 37.6 Å². The summed E-state index contributed by atoms with van der Waals surface area (Å²) in [6.07, 6.45) is 0. The van der Waals surface area contributed by atoms with E-state index in [-0.39, 0.29) is 50.7 Å². The van der Waals surface area contributed by atoms with Crippen LogP contribution in [0.2, 0.25) is 0 Å². The summed E-state index contributed by atoms with van der Waals surface area (Å²) >= 11 is 0. The maximum absolute atomic E-state index is 3.69. The Balaban J connectivity index is 0. The van der Waals surface area contributed by atoms with Crippen molar-refractivity contribution in [1.82, 2.24) is 5.32 Å². The standard InChI is InChI=1S/C25H39N3.2BrH.Co/c1-17(2)22-9-8-10-23(18(3)4)25(22)28-14-12-26-11-13-27-24-20(6)15-19(5)16-21(24)7;;;/h8-10,15-18,26-28H,11-14H2,1-7H3;2*1H;/q;;;+2/p-2. The third-order valence-corrected chi connectivity index (χ3v) is 5.26. The van der Waals surface area contributed by atoms with Gasteiger partial charge in [-0.3, -0.25) is 0 Å². The van der Waals surface area contributed by atoms with Crippen molar-refractivity contribution >= 4 is 11.4 Å². The van der Waals surface area contributed by atoms with Crippen molar-refractivity contribution in [2.75, 3.05) is 36.8 Å². The van der Waals surface area contributed by atoms with Crippen molar-refractivity contribution in [1.29, 1.82) is 0 Å². The van der Waals surface area contributed by atoms with Crippen LogP contribution in [-0.2, 0) is 16.8 Å². The Labute approximate surface area is 221 Å². The molecule has 0 unspecified atom stereocenters. The van der Waals surface area contributed by atoms with Crippen LogP contribution in [0, 0.1) is 20.8 Å². The molecule has 0 aliphatic heterocycles. The molecule has 0 heterocycles. The molecule has 0 aliphatic carbocycles. The summed E-state index contributed by atoms with van der Waals surface area (Å²) in [7, 11) is 0. The number of benzene rings is 2. The summed E-state index contributed by atoms with van der Waals surface area (Å²) < 4.78 is 0. The molecule has 2 aromatic rings. The number of rotatable bonds is 10. The number of nitrogens with one attached hydrogen (secondary N) is 3. The molecule has 3 nitrogen and oxygen atoms in total. The quantitative estimate of drug-likeness (QED) is 0.336. The van der Waals surface area contributed by atoms with E-state index < -0.39 is 0 Å². The van der Waals surface area contributed by atoms with Gasteiger partial charge in [0.25, 0.3) is 0 Å². The van der Waals surface area contributed by atoms with Gasteiger partial charge in [0.1, 0.15) is 0 Å². The first-order valence-electron chi connectivity index (χ1n) is 10.7. The SMILES string of the molecule is Cc1cc(C)c(NCCNCCNc2c(C(C)C)cccc2C(C)C)c(C)c1.[Br-].[Br-].[Co+2]. The molecule has 31 heavy (non-hydrogen) atoms. The van der Waals surface area contributed by atoms with E-state index in [4.69, 9.17) is 0 Å². The first-order chi connectivity index (χ1) is 13.3. The Kier molecular flexibility index (Phi) is 17.0. The van der Waals surface area contributed by atoms with Crippen molar-refractivity contribution < 1.29 is 50.7 Å². The molecule has 0 aromatic heterocycles. The maximum atomic E-state index is 3.69. The van der Waals surface area contributed by atoms with Crippen molar-refractivity contribution in [3.8, 4) is 0 Å². The molecule has 0 spiro atoms. The number of halogens is 2. The smallest absolute Gasteiger partial charge is 1.00 e. The summed E-state index contributed by atoms with van der Waals surface area (Å²) in [5, 5.41) is 10.8. The van der Waals surface area contributed by atoms with Crippen LogP contribution < -0.4 is 49.9 Å². The Hall–Kier alpha value is -0.534. The number of hydrogen-bond donors (Lipinski definition) is 3. The van der Waals surface area contributed by atoms with Crippen LogP contribution in [0.3, 0.4) is 0 Å². The molecule has 0 saturated carbocycles. The number of aryl methyl sites for hydroxylation is 3. The topological polar surface area (TPSA) is 36.1 Å². The Bertz CT molecular complexity index is 730. The fraction of sp³-hybridized carbons (Fsp3) is 0.520. The average molecular weight is 600 g/mol. The van der Waals surface area contributed by atoms with Gasteiger partial charge < -0.3 is 49.9 Å². The van der Waals surface area contributed by atoms with Gasteiger partial charge in [-0.05, 0) is 54.9 Å². The van der Waals surface area contributed by atoms with Crippen molar-refractivity contribution in [2.24, 2.45) is 0 Å². The van der Waals surface area contributed by atoms with Gasteiger partial charge in [-0.15, -0.1) is 0 Å². The van der Waals surface area contributed by atoms with Gasteiger partial charge in [0.2, 0.25) is 0 Å². The van der Waals surface area contributed by atoms with Crippen LogP contribution in [-0.4, -0.2) is 26.2 Å². The zero-order chi connectivity index (χ0) is 20.7. The Morgan fingerprint density at radius 2 is 1.10 bits per heavy atom. The summed E-state index contributed by atoms with van der Waals surface area (Å²) in [5.41, 5.74) is 9.41. The van der Waals surface area contributed by atoms with Crippen LogP contribution in [0.1, 0.15) is 67.3 Å². The van der Waals surface area contributed by atoms with Gasteiger partial charge in [-0.2, -0.15) is 0 Å². The van der Waals surface area contributed by atoms with E-state index >= 15 is 0 Å². The van der Waals surface area contributed by atoms with Crippen molar-refractivity contribution in [3.63, 3.8) is 0 Å². The zero-order valence-corrected chi connectivity index (χ0v) is 24.2. The summed E-state index contributed by atoms with van der Waals surface area (Å²) in [4.78, 5) is 0. The normalized spacial score (nSPS) is 10.2. The third kappa shape index (κ3) is 9.87. The molecule has 0 bridgehead atoms. The molecular formula is C25H39Br2CoN3. The van der Waals surface area contributed by atoms with Crippen LogP contribution in [0.4, 0.5) is 11.4 Å².